The van der Waals surface area contributed by atoms with Crippen molar-refractivity contribution in [3.8, 4) is 0 Å². The zero-order chi connectivity index (χ0) is 15.6. The van der Waals surface area contributed by atoms with Crippen molar-refractivity contribution in [2.24, 2.45) is 0 Å². The average Bonchev–Trinajstić information content (AvgIpc) is 2.35. The molecule has 0 atom stereocenters. The number of aryl methyl sites for hydroxylation is 1. The number of rotatable bonds is 1. The molecule has 0 N–H and O–H groups in total. The average molecular weight is 356 g/mol. The maximum absolute atomic E-state index is 12.0. The zero-order valence-corrected chi connectivity index (χ0v) is 14.6. The van der Waals surface area contributed by atoms with Gasteiger partial charge in [0.15, 0.2) is 0 Å². The molecule has 0 spiro atoms. The second-order valence-corrected chi connectivity index (χ2v) is 7.09. The summed E-state index contributed by atoms with van der Waals surface area (Å²) in [7, 11) is 0. The normalized spacial score (nSPS) is 16.0. The molecule has 0 saturated carbocycles. The summed E-state index contributed by atoms with van der Waals surface area (Å²) in [4.78, 5) is 20.5. The van der Waals surface area contributed by atoms with Crippen LogP contribution in [0.2, 0.25) is 0 Å². The van der Waals surface area contributed by atoms with Crippen LogP contribution in [0.15, 0.2) is 16.7 Å². The Bertz CT molecular complexity index is 500. The Morgan fingerprint density at radius 3 is 2.38 bits per heavy atom. The monoisotopic (exact) mass is 355 g/mol. The molecule has 1 saturated heterocycles. The van der Waals surface area contributed by atoms with E-state index >= 15 is 0 Å². The first kappa shape index (κ1) is 16.1. The minimum Gasteiger partial charge on any atom is -0.444 e. The predicted molar refractivity (Wildman–Crippen MR) is 86.7 cm³/mol. The van der Waals surface area contributed by atoms with Gasteiger partial charge in [0, 0.05) is 26.2 Å². The van der Waals surface area contributed by atoms with Gasteiger partial charge in [0.25, 0.3) is 0 Å². The number of carbonyl (C=O) groups is 1. The van der Waals surface area contributed by atoms with Crippen LogP contribution < -0.4 is 4.90 Å². The van der Waals surface area contributed by atoms with E-state index in [2.05, 4.69) is 31.9 Å². The Balaban J connectivity index is 1.95. The van der Waals surface area contributed by atoms with Gasteiger partial charge in [0.05, 0.1) is 0 Å². The molecule has 2 rings (SSSR count). The van der Waals surface area contributed by atoms with Gasteiger partial charge in [-0.25, -0.2) is 9.78 Å². The highest BCUT2D eigenvalue weighted by Gasteiger charge is 2.26. The van der Waals surface area contributed by atoms with Gasteiger partial charge in [0.2, 0.25) is 0 Å². The van der Waals surface area contributed by atoms with Gasteiger partial charge in [-0.3, -0.25) is 0 Å². The topological polar surface area (TPSA) is 45.7 Å². The number of amides is 1. The van der Waals surface area contributed by atoms with E-state index in [0.717, 1.165) is 23.5 Å². The molecule has 116 valence electrons. The lowest BCUT2D eigenvalue weighted by molar-refractivity contribution is 0.0240. The van der Waals surface area contributed by atoms with Crippen molar-refractivity contribution in [1.29, 1.82) is 0 Å². The Morgan fingerprint density at radius 2 is 1.86 bits per heavy atom. The lowest BCUT2D eigenvalue weighted by atomic mass is 10.2. The Hall–Kier alpha value is -1.30. The predicted octanol–water partition coefficient (Wildman–Crippen LogP) is 3.21. The molecular weight excluding hydrogens is 334 g/mol. The number of hydrogen-bond acceptors (Lipinski definition) is 4. The lowest BCUT2D eigenvalue weighted by Gasteiger charge is -2.36. The van der Waals surface area contributed by atoms with Crippen molar-refractivity contribution in [1.82, 2.24) is 9.88 Å². The molecule has 21 heavy (non-hydrogen) atoms. The van der Waals surface area contributed by atoms with Gasteiger partial charge < -0.3 is 14.5 Å². The maximum atomic E-state index is 12.0. The number of piperazine rings is 1. The molecule has 1 amide bonds. The highest BCUT2D eigenvalue weighted by Crippen LogP contribution is 2.20. The second kappa shape index (κ2) is 6.22. The Kier molecular flexibility index (Phi) is 4.76. The highest BCUT2D eigenvalue weighted by atomic mass is 79.9. The highest BCUT2D eigenvalue weighted by molar-refractivity contribution is 9.10. The van der Waals surface area contributed by atoms with Crippen LogP contribution in [0.4, 0.5) is 10.6 Å². The van der Waals surface area contributed by atoms with Gasteiger partial charge in [-0.15, -0.1) is 0 Å². The van der Waals surface area contributed by atoms with Gasteiger partial charge >= 0.3 is 6.09 Å². The summed E-state index contributed by atoms with van der Waals surface area (Å²) in [6.07, 6.45) is -0.236. The van der Waals surface area contributed by atoms with Crippen LogP contribution in [-0.4, -0.2) is 47.8 Å². The number of carbonyl (C=O) groups excluding carboxylic acids is 1. The summed E-state index contributed by atoms with van der Waals surface area (Å²) >= 11 is 3.43. The third-order valence-corrected chi connectivity index (χ3v) is 3.59. The van der Waals surface area contributed by atoms with E-state index in [1.165, 1.54) is 5.56 Å². The van der Waals surface area contributed by atoms with E-state index in [1.807, 2.05) is 33.8 Å². The lowest BCUT2D eigenvalue weighted by Crippen LogP contribution is -2.50. The second-order valence-electron chi connectivity index (χ2n) is 6.28. The summed E-state index contributed by atoms with van der Waals surface area (Å²) < 4.78 is 6.24. The van der Waals surface area contributed by atoms with E-state index < -0.39 is 5.60 Å². The van der Waals surface area contributed by atoms with Crippen molar-refractivity contribution in [3.63, 3.8) is 0 Å². The number of ether oxygens (including phenoxy) is 1. The number of anilines is 1. The molecule has 0 unspecified atom stereocenters. The molecule has 0 bridgehead atoms. The first-order chi connectivity index (χ1) is 9.74. The third kappa shape index (κ3) is 4.59. The van der Waals surface area contributed by atoms with Crippen LogP contribution in [0.5, 0.6) is 0 Å². The smallest absolute Gasteiger partial charge is 0.410 e. The van der Waals surface area contributed by atoms with Gasteiger partial charge in [-0.1, -0.05) is 0 Å². The zero-order valence-electron chi connectivity index (χ0n) is 13.0. The quantitative estimate of drug-likeness (QED) is 0.725. The van der Waals surface area contributed by atoms with Crippen molar-refractivity contribution < 1.29 is 9.53 Å². The first-order valence-electron chi connectivity index (χ1n) is 7.12. The molecule has 0 aromatic carbocycles. The summed E-state index contributed by atoms with van der Waals surface area (Å²) in [6.45, 7) is 10.5. The summed E-state index contributed by atoms with van der Waals surface area (Å²) in [5.41, 5.74) is 0.721. The Morgan fingerprint density at radius 1 is 1.24 bits per heavy atom. The van der Waals surface area contributed by atoms with Crippen molar-refractivity contribution in [3.05, 3.63) is 22.3 Å². The van der Waals surface area contributed by atoms with E-state index in [9.17, 15) is 4.79 Å². The van der Waals surface area contributed by atoms with Crippen LogP contribution in [0.1, 0.15) is 26.3 Å². The molecule has 1 aliphatic heterocycles. The summed E-state index contributed by atoms with van der Waals surface area (Å²) in [6, 6.07) is 4.05. The summed E-state index contributed by atoms with van der Waals surface area (Å²) in [5.74, 6) is 0.950. The SMILES string of the molecule is Cc1cc(Br)nc(N2CCN(C(=O)OC(C)(C)C)CC2)c1. The van der Waals surface area contributed by atoms with Crippen LogP contribution in [-0.2, 0) is 4.74 Å². The number of aromatic nitrogens is 1. The maximum Gasteiger partial charge on any atom is 0.410 e. The molecule has 5 nitrogen and oxygen atoms in total. The molecule has 0 aliphatic carbocycles. The largest absolute Gasteiger partial charge is 0.444 e. The van der Waals surface area contributed by atoms with Gasteiger partial charge in [-0.2, -0.15) is 0 Å². The van der Waals surface area contributed by atoms with Crippen LogP contribution in [0.25, 0.3) is 0 Å². The van der Waals surface area contributed by atoms with Crippen LogP contribution in [0, 0.1) is 6.92 Å². The van der Waals surface area contributed by atoms with E-state index in [0.29, 0.717) is 13.1 Å². The fourth-order valence-corrected chi connectivity index (χ4v) is 2.76. The number of halogens is 1. The number of nitrogens with zero attached hydrogens (tertiary/aromatic N) is 3. The van der Waals surface area contributed by atoms with Crippen molar-refractivity contribution in [2.75, 3.05) is 31.1 Å². The molecular formula is C15H22BrN3O2. The number of hydrogen-bond donors (Lipinski definition) is 0. The molecule has 1 aromatic rings. The molecule has 1 fully saturated rings. The fraction of sp³-hybridized carbons (Fsp3) is 0.600. The minimum atomic E-state index is -0.447. The Labute approximate surface area is 134 Å². The minimum absolute atomic E-state index is 0.236. The number of pyridine rings is 1. The molecule has 1 aliphatic rings. The third-order valence-electron chi connectivity index (χ3n) is 3.18. The first-order valence-corrected chi connectivity index (χ1v) is 7.91. The molecule has 6 heteroatoms. The summed E-state index contributed by atoms with van der Waals surface area (Å²) in [5, 5.41) is 0. The van der Waals surface area contributed by atoms with Gasteiger partial charge in [0.1, 0.15) is 16.0 Å². The van der Waals surface area contributed by atoms with Gasteiger partial charge in [-0.05, 0) is 61.3 Å². The van der Waals surface area contributed by atoms with E-state index in [1.54, 1.807) is 4.90 Å². The van der Waals surface area contributed by atoms with Crippen molar-refractivity contribution >= 4 is 27.8 Å². The van der Waals surface area contributed by atoms with E-state index in [4.69, 9.17) is 4.74 Å². The standard InChI is InChI=1S/C15H22BrN3O2/c1-11-9-12(16)17-13(10-11)18-5-7-19(8-6-18)14(20)21-15(2,3)4/h9-10H,5-8H2,1-4H3. The van der Waals surface area contributed by atoms with E-state index in [-0.39, 0.29) is 6.09 Å². The van der Waals surface area contributed by atoms with Crippen LogP contribution >= 0.6 is 15.9 Å². The fourth-order valence-electron chi connectivity index (χ4n) is 2.21. The molecule has 0 radical (unpaired) electrons. The molecule has 1 aromatic heterocycles. The van der Waals surface area contributed by atoms with Crippen LogP contribution in [0.3, 0.4) is 0 Å². The molecule has 2 heterocycles. The van der Waals surface area contributed by atoms with Crippen molar-refractivity contribution in [2.45, 2.75) is 33.3 Å².